The molecule has 1 atom stereocenters. The quantitative estimate of drug-likeness (QED) is 0.775. The topological polar surface area (TPSA) is 59.0 Å². The zero-order valence-corrected chi connectivity index (χ0v) is 16.9. The number of hydrogen-bond acceptors (Lipinski definition) is 5. The van der Waals surface area contributed by atoms with Crippen LogP contribution in [0.15, 0.2) is 17.5 Å². The molecule has 2 fully saturated rings. The largest absolute Gasteiger partial charge is 0.490 e. The lowest BCUT2D eigenvalue weighted by Gasteiger charge is -2.49. The van der Waals surface area contributed by atoms with E-state index in [0.29, 0.717) is 11.3 Å². The average molecular weight is 423 g/mol. The molecule has 3 heterocycles. The van der Waals surface area contributed by atoms with E-state index in [-0.39, 0.29) is 0 Å². The van der Waals surface area contributed by atoms with Gasteiger partial charge in [-0.25, -0.2) is 4.79 Å². The molecule has 0 radical (unpaired) electrons. The third kappa shape index (κ3) is 6.72. The van der Waals surface area contributed by atoms with Crippen molar-refractivity contribution < 1.29 is 32.5 Å². The Bertz CT molecular complexity index is 586. The summed E-state index contributed by atoms with van der Waals surface area (Å²) in [5, 5.41) is 9.30. The summed E-state index contributed by atoms with van der Waals surface area (Å²) < 4.78 is 43.2. The first kappa shape index (κ1) is 23.1. The van der Waals surface area contributed by atoms with Crippen molar-refractivity contribution in [3.63, 3.8) is 0 Å². The van der Waals surface area contributed by atoms with Crippen molar-refractivity contribution in [2.24, 2.45) is 11.3 Å². The second kappa shape index (κ2) is 10.6. The fourth-order valence-corrected chi connectivity index (χ4v) is 4.55. The van der Waals surface area contributed by atoms with E-state index in [4.69, 9.17) is 19.4 Å². The molecule has 1 N–H and O–H groups in total. The number of carbonyl (C=O) groups is 1. The van der Waals surface area contributed by atoms with Crippen LogP contribution >= 0.6 is 11.3 Å². The number of likely N-dealkylation sites (tertiary alicyclic amines) is 1. The van der Waals surface area contributed by atoms with Crippen LogP contribution in [0.4, 0.5) is 13.2 Å². The van der Waals surface area contributed by atoms with Crippen LogP contribution in [-0.2, 0) is 20.8 Å². The first-order valence-corrected chi connectivity index (χ1v) is 10.3. The first-order chi connectivity index (χ1) is 13.3. The lowest BCUT2D eigenvalue weighted by atomic mass is 9.66. The highest BCUT2D eigenvalue weighted by molar-refractivity contribution is 7.09. The molecule has 0 bridgehead atoms. The number of thiophene rings is 1. The number of carboxylic acid groups (broad SMARTS) is 1. The Labute approximate surface area is 167 Å². The molecule has 9 heteroatoms. The van der Waals surface area contributed by atoms with Crippen molar-refractivity contribution in [2.75, 3.05) is 39.5 Å². The molecule has 28 heavy (non-hydrogen) atoms. The van der Waals surface area contributed by atoms with Gasteiger partial charge in [0.1, 0.15) is 0 Å². The molecular formula is C19H28F3NO4S. The van der Waals surface area contributed by atoms with Gasteiger partial charge in [-0.15, -0.1) is 11.3 Å². The number of hydrogen-bond donors (Lipinski definition) is 1. The minimum absolute atomic E-state index is 0.472. The number of alkyl halides is 3. The summed E-state index contributed by atoms with van der Waals surface area (Å²) in [5.74, 6) is -2.16. The van der Waals surface area contributed by atoms with Crippen LogP contribution in [0.3, 0.4) is 0 Å². The van der Waals surface area contributed by atoms with Crippen molar-refractivity contribution in [3.8, 4) is 0 Å². The molecule has 0 aromatic carbocycles. The Morgan fingerprint density at radius 2 is 2.07 bits per heavy atom. The lowest BCUT2D eigenvalue weighted by molar-refractivity contribution is -0.192. The van der Waals surface area contributed by atoms with Crippen molar-refractivity contribution in [2.45, 2.75) is 38.9 Å². The van der Waals surface area contributed by atoms with Crippen LogP contribution in [0.5, 0.6) is 0 Å². The van der Waals surface area contributed by atoms with E-state index >= 15 is 0 Å². The van der Waals surface area contributed by atoms with Crippen LogP contribution in [0.1, 0.15) is 31.1 Å². The fraction of sp³-hybridized carbons (Fsp3) is 0.737. The van der Waals surface area contributed by atoms with Gasteiger partial charge in [0.25, 0.3) is 0 Å². The summed E-state index contributed by atoms with van der Waals surface area (Å²) in [4.78, 5) is 13.0. The number of aliphatic carboxylic acids is 1. The molecule has 1 spiro atoms. The minimum atomic E-state index is -5.08. The molecule has 5 nitrogen and oxygen atoms in total. The van der Waals surface area contributed by atoms with Gasteiger partial charge < -0.3 is 14.6 Å². The van der Waals surface area contributed by atoms with Gasteiger partial charge in [0.15, 0.2) is 0 Å². The summed E-state index contributed by atoms with van der Waals surface area (Å²) in [6.45, 7) is 9.18. The number of piperidine rings is 1. The summed E-state index contributed by atoms with van der Waals surface area (Å²) >= 11 is 1.87. The maximum absolute atomic E-state index is 10.6. The molecule has 2 aliphatic heterocycles. The van der Waals surface area contributed by atoms with Gasteiger partial charge in [-0.05, 0) is 56.1 Å². The van der Waals surface area contributed by atoms with Gasteiger partial charge in [-0.1, -0.05) is 6.07 Å². The maximum atomic E-state index is 10.6. The van der Waals surface area contributed by atoms with Gasteiger partial charge in [0, 0.05) is 30.6 Å². The van der Waals surface area contributed by atoms with Crippen LogP contribution in [-0.4, -0.2) is 61.7 Å². The molecule has 0 saturated carbocycles. The molecule has 0 aliphatic carbocycles. The van der Waals surface area contributed by atoms with Crippen molar-refractivity contribution in [1.29, 1.82) is 0 Å². The predicted molar refractivity (Wildman–Crippen MR) is 100 cm³/mol. The van der Waals surface area contributed by atoms with E-state index < -0.39 is 12.1 Å². The Morgan fingerprint density at radius 3 is 2.61 bits per heavy atom. The summed E-state index contributed by atoms with van der Waals surface area (Å²) in [6, 6.07) is 4.41. The zero-order chi connectivity index (χ0) is 20.6. The molecule has 0 amide bonds. The molecule has 1 aromatic rings. The minimum Gasteiger partial charge on any atom is -0.475 e. The van der Waals surface area contributed by atoms with Gasteiger partial charge in [-0.3, -0.25) is 4.90 Å². The third-order valence-corrected chi connectivity index (χ3v) is 6.37. The zero-order valence-electron chi connectivity index (χ0n) is 16.0. The molecule has 2 aliphatic rings. The summed E-state index contributed by atoms with van der Waals surface area (Å²) in [7, 11) is 0. The number of nitrogens with zero attached hydrogens (tertiary/aromatic N) is 1. The van der Waals surface area contributed by atoms with Gasteiger partial charge in [0.2, 0.25) is 0 Å². The Morgan fingerprint density at radius 1 is 1.39 bits per heavy atom. The van der Waals surface area contributed by atoms with Gasteiger partial charge in [-0.2, -0.15) is 13.2 Å². The van der Waals surface area contributed by atoms with Crippen LogP contribution < -0.4 is 0 Å². The number of carboxylic acids is 1. The molecule has 3 rings (SSSR count). The molecule has 160 valence electrons. The Hall–Kier alpha value is -1.16. The van der Waals surface area contributed by atoms with E-state index in [1.165, 1.54) is 37.2 Å². The van der Waals surface area contributed by atoms with Crippen LogP contribution in [0.25, 0.3) is 0 Å². The first-order valence-electron chi connectivity index (χ1n) is 9.47. The average Bonchev–Trinajstić information content (AvgIpc) is 3.16. The smallest absolute Gasteiger partial charge is 0.475 e. The molecule has 2 saturated heterocycles. The second-order valence-electron chi connectivity index (χ2n) is 7.20. The second-order valence-corrected chi connectivity index (χ2v) is 8.23. The Kier molecular flexibility index (Phi) is 8.73. The summed E-state index contributed by atoms with van der Waals surface area (Å²) in [5.41, 5.74) is 0.472. The van der Waals surface area contributed by atoms with E-state index in [2.05, 4.69) is 29.3 Å². The van der Waals surface area contributed by atoms with Gasteiger partial charge >= 0.3 is 12.1 Å². The van der Waals surface area contributed by atoms with E-state index in [0.717, 1.165) is 33.0 Å². The summed E-state index contributed by atoms with van der Waals surface area (Å²) in [6.07, 6.45) is -1.25. The SMILES string of the molecule is CCOCC1COCCC12CCN(Cc1cccs1)CC2.O=C(O)C(F)(F)F. The standard InChI is InChI=1S/C17H27NO2S.C2HF3O2/c1-2-19-13-15-14-20-10-7-17(15)5-8-18(9-6-17)12-16-4-3-11-21-16;3-2(4,5)1(6)7/h3-4,11,15H,2,5-10,12-14H2,1H3;(H,6,7). The van der Waals surface area contributed by atoms with Crippen molar-refractivity contribution >= 4 is 17.3 Å². The highest BCUT2D eigenvalue weighted by atomic mass is 32.1. The highest BCUT2D eigenvalue weighted by Gasteiger charge is 2.43. The van der Waals surface area contributed by atoms with E-state index in [9.17, 15) is 13.2 Å². The molecular weight excluding hydrogens is 395 g/mol. The normalized spacial score (nSPS) is 22.5. The van der Waals surface area contributed by atoms with Gasteiger partial charge in [0.05, 0.1) is 13.2 Å². The predicted octanol–water partition coefficient (Wildman–Crippen LogP) is 4.04. The fourth-order valence-electron chi connectivity index (χ4n) is 3.80. The Balaban J connectivity index is 0.000000345. The maximum Gasteiger partial charge on any atom is 0.490 e. The van der Waals surface area contributed by atoms with Crippen LogP contribution in [0.2, 0.25) is 0 Å². The van der Waals surface area contributed by atoms with Crippen LogP contribution in [0, 0.1) is 11.3 Å². The number of halogens is 3. The van der Waals surface area contributed by atoms with Crippen molar-refractivity contribution in [1.82, 2.24) is 4.90 Å². The number of ether oxygens (including phenoxy) is 2. The number of rotatable bonds is 5. The lowest BCUT2D eigenvalue weighted by Crippen LogP contribution is -2.49. The highest BCUT2D eigenvalue weighted by Crippen LogP contribution is 2.45. The monoisotopic (exact) mass is 423 g/mol. The van der Waals surface area contributed by atoms with Crippen molar-refractivity contribution in [3.05, 3.63) is 22.4 Å². The molecule has 1 aromatic heterocycles. The van der Waals surface area contributed by atoms with E-state index in [1.54, 1.807) is 0 Å². The molecule has 1 unspecified atom stereocenters. The third-order valence-electron chi connectivity index (χ3n) is 5.51. The van der Waals surface area contributed by atoms with E-state index in [1.807, 2.05) is 11.3 Å².